The summed E-state index contributed by atoms with van der Waals surface area (Å²) in [5, 5.41) is 0. The Bertz CT molecular complexity index is 541. The van der Waals surface area contributed by atoms with Crippen LogP contribution < -0.4 is 0 Å². The minimum atomic E-state index is 0.0263. The molecule has 0 heterocycles. The van der Waals surface area contributed by atoms with Gasteiger partial charge < -0.3 is 4.79 Å². The van der Waals surface area contributed by atoms with Gasteiger partial charge in [0.25, 0.3) is 0 Å². The lowest BCUT2D eigenvalue weighted by Gasteiger charge is -2.03. The third kappa shape index (κ3) is 3.88. The van der Waals surface area contributed by atoms with Gasteiger partial charge in [0, 0.05) is 18.4 Å². The number of hydrogen-bond acceptors (Lipinski definition) is 2. The zero-order chi connectivity index (χ0) is 13.5. The summed E-state index contributed by atoms with van der Waals surface area (Å²) in [7, 11) is 0. The van der Waals surface area contributed by atoms with Gasteiger partial charge >= 0.3 is 0 Å². The number of ketones is 1. The van der Waals surface area contributed by atoms with E-state index < -0.39 is 0 Å². The highest BCUT2D eigenvalue weighted by molar-refractivity contribution is 5.96. The molecule has 2 aromatic carbocycles. The summed E-state index contributed by atoms with van der Waals surface area (Å²) in [5.41, 5.74) is 3.11. The van der Waals surface area contributed by atoms with E-state index in [9.17, 15) is 9.59 Å². The van der Waals surface area contributed by atoms with Gasteiger partial charge in [-0.05, 0) is 17.5 Å². The fourth-order valence-corrected chi connectivity index (χ4v) is 1.97. The standard InChI is InChI=1S/C17H16O2/c18-12-4-7-17(19)16-10-8-15(9-11-16)13-14-5-2-1-3-6-14/h1-3,5-6,8-12H,4,7,13H2. The quantitative estimate of drug-likeness (QED) is 0.583. The second-order valence-corrected chi connectivity index (χ2v) is 4.49. The monoisotopic (exact) mass is 252 g/mol. The van der Waals surface area contributed by atoms with Crippen LogP contribution in [0.4, 0.5) is 0 Å². The normalized spacial score (nSPS) is 10.1. The molecule has 96 valence electrons. The summed E-state index contributed by atoms with van der Waals surface area (Å²) >= 11 is 0. The summed E-state index contributed by atoms with van der Waals surface area (Å²) < 4.78 is 0. The van der Waals surface area contributed by atoms with E-state index in [-0.39, 0.29) is 5.78 Å². The third-order valence-corrected chi connectivity index (χ3v) is 3.02. The Labute approximate surface area is 113 Å². The van der Waals surface area contributed by atoms with Crippen LogP contribution in [0.1, 0.15) is 34.3 Å². The molecule has 0 aliphatic rings. The Hall–Kier alpha value is -2.22. The van der Waals surface area contributed by atoms with Gasteiger partial charge in [-0.15, -0.1) is 0 Å². The van der Waals surface area contributed by atoms with E-state index in [4.69, 9.17) is 0 Å². The minimum absolute atomic E-state index is 0.0263. The summed E-state index contributed by atoms with van der Waals surface area (Å²) in [6, 6.07) is 17.8. The second-order valence-electron chi connectivity index (χ2n) is 4.49. The van der Waals surface area contributed by atoms with Gasteiger partial charge in [-0.3, -0.25) is 4.79 Å². The topological polar surface area (TPSA) is 34.1 Å². The van der Waals surface area contributed by atoms with Crippen LogP contribution in [0.5, 0.6) is 0 Å². The van der Waals surface area contributed by atoms with Crippen molar-refractivity contribution in [3.05, 3.63) is 71.3 Å². The molecule has 0 saturated carbocycles. The number of hydrogen-bond donors (Lipinski definition) is 0. The Morgan fingerprint density at radius 3 is 2.16 bits per heavy atom. The van der Waals surface area contributed by atoms with Crippen LogP contribution in [0.3, 0.4) is 0 Å². The van der Waals surface area contributed by atoms with Gasteiger partial charge in [0.05, 0.1) is 0 Å². The molecule has 2 rings (SSSR count). The maximum Gasteiger partial charge on any atom is 0.163 e. The fraction of sp³-hybridized carbons (Fsp3) is 0.176. The number of aldehydes is 1. The molecule has 0 saturated heterocycles. The molecule has 0 aliphatic carbocycles. The highest BCUT2D eigenvalue weighted by Gasteiger charge is 2.05. The largest absolute Gasteiger partial charge is 0.303 e. The zero-order valence-electron chi connectivity index (χ0n) is 10.7. The smallest absolute Gasteiger partial charge is 0.163 e. The van der Waals surface area contributed by atoms with E-state index in [1.807, 2.05) is 42.5 Å². The van der Waals surface area contributed by atoms with Gasteiger partial charge in [-0.2, -0.15) is 0 Å². The van der Waals surface area contributed by atoms with Gasteiger partial charge in [-0.1, -0.05) is 54.6 Å². The number of benzene rings is 2. The maximum atomic E-state index is 11.7. The molecule has 0 fully saturated rings. The van der Waals surface area contributed by atoms with E-state index in [1.54, 1.807) is 0 Å². The molecule has 0 spiro atoms. The van der Waals surface area contributed by atoms with Crippen molar-refractivity contribution in [2.24, 2.45) is 0 Å². The molecule has 0 amide bonds. The molecule has 0 radical (unpaired) electrons. The van der Waals surface area contributed by atoms with E-state index in [2.05, 4.69) is 12.1 Å². The minimum Gasteiger partial charge on any atom is -0.303 e. The van der Waals surface area contributed by atoms with Crippen LogP contribution >= 0.6 is 0 Å². The predicted molar refractivity (Wildman–Crippen MR) is 75.3 cm³/mol. The highest BCUT2D eigenvalue weighted by atomic mass is 16.1. The predicted octanol–water partition coefficient (Wildman–Crippen LogP) is 3.44. The highest BCUT2D eigenvalue weighted by Crippen LogP contribution is 2.12. The lowest BCUT2D eigenvalue weighted by Crippen LogP contribution is -1.99. The Morgan fingerprint density at radius 2 is 1.53 bits per heavy atom. The summed E-state index contributed by atoms with van der Waals surface area (Å²) in [6.45, 7) is 0. The Kier molecular flexibility index (Phi) is 4.62. The number of carbonyl (C=O) groups is 2. The van der Waals surface area contributed by atoms with Crippen LogP contribution in [0.25, 0.3) is 0 Å². The molecule has 0 aliphatic heterocycles. The van der Waals surface area contributed by atoms with Crippen LogP contribution in [0, 0.1) is 0 Å². The first-order valence-corrected chi connectivity index (χ1v) is 6.39. The van der Waals surface area contributed by atoms with Crippen LogP contribution in [0.15, 0.2) is 54.6 Å². The third-order valence-electron chi connectivity index (χ3n) is 3.02. The van der Waals surface area contributed by atoms with Crippen molar-refractivity contribution in [2.45, 2.75) is 19.3 Å². The molecule has 2 aromatic rings. The molecule has 19 heavy (non-hydrogen) atoms. The second kappa shape index (κ2) is 6.64. The first-order valence-electron chi connectivity index (χ1n) is 6.39. The van der Waals surface area contributed by atoms with Gasteiger partial charge in [0.2, 0.25) is 0 Å². The number of rotatable bonds is 6. The van der Waals surface area contributed by atoms with Crippen molar-refractivity contribution in [3.63, 3.8) is 0 Å². The van der Waals surface area contributed by atoms with E-state index >= 15 is 0 Å². The zero-order valence-corrected chi connectivity index (χ0v) is 10.7. The van der Waals surface area contributed by atoms with Crippen LogP contribution in [0.2, 0.25) is 0 Å². The first kappa shape index (κ1) is 13.2. The molecule has 0 N–H and O–H groups in total. The molecule has 2 nitrogen and oxygen atoms in total. The number of carbonyl (C=O) groups excluding carboxylic acids is 2. The molecular weight excluding hydrogens is 236 g/mol. The lowest BCUT2D eigenvalue weighted by atomic mass is 10.0. The van der Waals surface area contributed by atoms with Gasteiger partial charge in [0.15, 0.2) is 5.78 Å². The van der Waals surface area contributed by atoms with Crippen molar-refractivity contribution in [3.8, 4) is 0 Å². The SMILES string of the molecule is O=CCCC(=O)c1ccc(Cc2ccccc2)cc1. The van der Waals surface area contributed by atoms with E-state index in [1.165, 1.54) is 11.1 Å². The fourth-order valence-electron chi connectivity index (χ4n) is 1.97. The average molecular weight is 252 g/mol. The van der Waals surface area contributed by atoms with Crippen molar-refractivity contribution in [2.75, 3.05) is 0 Å². The molecule has 0 bridgehead atoms. The average Bonchev–Trinajstić information content (AvgIpc) is 2.46. The summed E-state index contributed by atoms with van der Waals surface area (Å²) in [5.74, 6) is 0.0263. The Morgan fingerprint density at radius 1 is 0.895 bits per heavy atom. The molecule has 0 aromatic heterocycles. The van der Waals surface area contributed by atoms with Gasteiger partial charge in [-0.25, -0.2) is 0 Å². The molecule has 0 unspecified atom stereocenters. The van der Waals surface area contributed by atoms with Crippen molar-refractivity contribution in [1.82, 2.24) is 0 Å². The van der Waals surface area contributed by atoms with Crippen LogP contribution in [-0.4, -0.2) is 12.1 Å². The molecular formula is C17H16O2. The van der Waals surface area contributed by atoms with Crippen molar-refractivity contribution >= 4 is 12.1 Å². The van der Waals surface area contributed by atoms with Crippen molar-refractivity contribution in [1.29, 1.82) is 0 Å². The van der Waals surface area contributed by atoms with Crippen LogP contribution in [-0.2, 0) is 11.2 Å². The number of Topliss-reactive ketones (excluding diaryl/α,β-unsaturated/α-hetero) is 1. The Balaban J connectivity index is 2.02. The lowest BCUT2D eigenvalue weighted by molar-refractivity contribution is -0.107. The first-order chi connectivity index (χ1) is 9.29. The van der Waals surface area contributed by atoms with Crippen molar-refractivity contribution < 1.29 is 9.59 Å². The molecule has 2 heteroatoms. The summed E-state index contributed by atoms with van der Waals surface area (Å²) in [4.78, 5) is 22.0. The summed E-state index contributed by atoms with van der Waals surface area (Å²) in [6.07, 6.45) is 2.23. The van der Waals surface area contributed by atoms with E-state index in [0.717, 1.165) is 12.7 Å². The van der Waals surface area contributed by atoms with E-state index in [0.29, 0.717) is 18.4 Å². The maximum absolute atomic E-state index is 11.7. The molecule has 0 atom stereocenters. The van der Waals surface area contributed by atoms with Gasteiger partial charge in [0.1, 0.15) is 6.29 Å².